The molecule has 3 rings (SSSR count). The lowest BCUT2D eigenvalue weighted by Gasteiger charge is -2.37. The van der Waals surface area contributed by atoms with Gasteiger partial charge in [-0.1, -0.05) is 42.5 Å². The second-order valence-corrected chi connectivity index (χ2v) is 10.9. The number of aliphatic hydroxyl groups is 1. The summed E-state index contributed by atoms with van der Waals surface area (Å²) in [6.45, 7) is -0.529. The Kier molecular flexibility index (Phi) is 12.9. The summed E-state index contributed by atoms with van der Waals surface area (Å²) in [4.78, 5) is 76.8. The Bertz CT molecular complexity index is 1370. The number of primary amides is 1. The van der Waals surface area contributed by atoms with Gasteiger partial charge in [0.05, 0.1) is 6.61 Å². The Morgan fingerprint density at radius 2 is 1.68 bits per heavy atom. The van der Waals surface area contributed by atoms with Gasteiger partial charge in [0.2, 0.25) is 29.5 Å². The molecule has 1 aliphatic heterocycles. The van der Waals surface area contributed by atoms with Crippen molar-refractivity contribution in [2.45, 2.75) is 69.1 Å². The third-order valence-electron chi connectivity index (χ3n) is 7.46. The van der Waals surface area contributed by atoms with Crippen LogP contribution in [0.5, 0.6) is 0 Å². The molecule has 2 aromatic rings. The molecule has 0 aliphatic carbocycles. The second kappa shape index (κ2) is 16.6. The first-order valence-electron chi connectivity index (χ1n) is 14.4. The number of nitrogens with one attached hydrogen (secondary N) is 3. The zero-order valence-electron chi connectivity index (χ0n) is 24.2. The van der Waals surface area contributed by atoms with Crippen LogP contribution in [0.4, 0.5) is 0 Å². The maximum absolute atomic E-state index is 13.7. The number of hydrogen-bond acceptors (Lipinski definition) is 7. The summed E-state index contributed by atoms with van der Waals surface area (Å²) in [5.41, 5.74) is 6.00. The molecule has 1 fully saturated rings. The van der Waals surface area contributed by atoms with Gasteiger partial charge in [-0.05, 0) is 48.4 Å². The van der Waals surface area contributed by atoms with Crippen LogP contribution in [0, 0.1) is 0 Å². The minimum Gasteiger partial charge on any atom is -0.481 e. The van der Waals surface area contributed by atoms with Gasteiger partial charge >= 0.3 is 5.97 Å². The van der Waals surface area contributed by atoms with Crippen LogP contribution in [0.2, 0.25) is 0 Å². The minimum atomic E-state index is -1.37. The smallest absolute Gasteiger partial charge is 0.303 e. The van der Waals surface area contributed by atoms with Gasteiger partial charge in [-0.25, -0.2) is 0 Å². The molecule has 0 bridgehead atoms. The summed E-state index contributed by atoms with van der Waals surface area (Å²) in [5.74, 6) is -4.94. The maximum atomic E-state index is 13.7. The summed E-state index contributed by atoms with van der Waals surface area (Å²) >= 11 is 5.62. The van der Waals surface area contributed by atoms with Gasteiger partial charge in [-0.3, -0.25) is 28.8 Å². The first-order valence-corrected chi connectivity index (χ1v) is 14.9. The Hall–Kier alpha value is -4.23. The fourth-order valence-corrected chi connectivity index (χ4v) is 5.25. The fraction of sp³-hybridized carbons (Fsp3) is 0.467. The molecule has 238 valence electrons. The summed E-state index contributed by atoms with van der Waals surface area (Å²) in [6.07, 6.45) is 1.46. The Morgan fingerprint density at radius 3 is 2.34 bits per heavy atom. The van der Waals surface area contributed by atoms with Crippen LogP contribution in [0.3, 0.4) is 0 Å². The van der Waals surface area contributed by atoms with E-state index in [9.17, 15) is 33.9 Å². The zero-order valence-corrected chi connectivity index (χ0v) is 24.9. The summed E-state index contributed by atoms with van der Waals surface area (Å²) in [6, 6.07) is 8.52. The van der Waals surface area contributed by atoms with E-state index >= 15 is 0 Å². The van der Waals surface area contributed by atoms with Crippen molar-refractivity contribution in [1.82, 2.24) is 20.9 Å². The molecule has 0 spiro atoms. The maximum Gasteiger partial charge on any atom is 0.303 e. The fourth-order valence-electron chi connectivity index (χ4n) is 5.17. The van der Waals surface area contributed by atoms with Crippen molar-refractivity contribution in [1.29, 1.82) is 0 Å². The van der Waals surface area contributed by atoms with E-state index in [-0.39, 0.29) is 38.6 Å². The number of aliphatic carboxylic acids is 1. The van der Waals surface area contributed by atoms with Gasteiger partial charge in [0.25, 0.3) is 0 Å². The van der Waals surface area contributed by atoms with Gasteiger partial charge in [0, 0.05) is 19.4 Å². The molecule has 4 atom stereocenters. The number of piperidine rings is 1. The Labute approximate surface area is 259 Å². The average molecular weight is 632 g/mol. The lowest BCUT2D eigenvalue weighted by atomic mass is 9.97. The number of halogens is 1. The molecule has 1 saturated heterocycles. The second-order valence-electron chi connectivity index (χ2n) is 10.7. The zero-order chi connectivity index (χ0) is 32.2. The number of aliphatic hydroxyl groups excluding tert-OH is 1. The number of nitrogens with two attached hydrogens (primary N) is 1. The number of rotatable bonds is 15. The third-order valence-corrected chi connectivity index (χ3v) is 7.70. The van der Waals surface area contributed by atoms with Gasteiger partial charge in [0.15, 0.2) is 0 Å². The van der Waals surface area contributed by atoms with E-state index in [1.807, 2.05) is 42.5 Å². The molecular formula is C30H38ClN5O8. The van der Waals surface area contributed by atoms with Crippen LogP contribution in [0.1, 0.15) is 44.1 Å². The number of carbonyl (C=O) groups is 6. The van der Waals surface area contributed by atoms with Crippen molar-refractivity contribution in [2.75, 3.05) is 19.0 Å². The predicted octanol–water partition coefficient (Wildman–Crippen LogP) is 0.189. The quantitative estimate of drug-likeness (QED) is 0.149. The lowest BCUT2D eigenvalue weighted by Crippen LogP contribution is -2.60. The number of amides is 5. The molecule has 0 aromatic heterocycles. The highest BCUT2D eigenvalue weighted by Crippen LogP contribution is 2.21. The normalized spacial score (nSPS) is 16.8. The number of fused-ring (bicyclic) bond motifs is 1. The van der Waals surface area contributed by atoms with Crippen molar-refractivity contribution < 1.29 is 39.0 Å². The van der Waals surface area contributed by atoms with Crippen LogP contribution in [-0.2, 0) is 35.2 Å². The number of carboxylic acids is 1. The number of alkyl halides is 1. The highest BCUT2D eigenvalue weighted by atomic mass is 35.5. The highest BCUT2D eigenvalue weighted by Gasteiger charge is 2.37. The molecular weight excluding hydrogens is 594 g/mol. The first kappa shape index (κ1) is 34.3. The van der Waals surface area contributed by atoms with E-state index in [1.54, 1.807) is 0 Å². The van der Waals surface area contributed by atoms with E-state index in [0.29, 0.717) is 18.4 Å². The van der Waals surface area contributed by atoms with Crippen molar-refractivity contribution in [2.24, 2.45) is 5.73 Å². The van der Waals surface area contributed by atoms with Crippen LogP contribution in [0.15, 0.2) is 42.5 Å². The number of carboxylic acid groups (broad SMARTS) is 1. The first-order chi connectivity index (χ1) is 21.0. The molecule has 7 N–H and O–H groups in total. The van der Waals surface area contributed by atoms with E-state index < -0.39 is 72.2 Å². The van der Waals surface area contributed by atoms with Crippen LogP contribution >= 0.6 is 11.6 Å². The van der Waals surface area contributed by atoms with E-state index in [2.05, 4.69) is 16.0 Å². The predicted molar refractivity (Wildman–Crippen MR) is 161 cm³/mol. The summed E-state index contributed by atoms with van der Waals surface area (Å²) < 4.78 is 0. The number of nitrogens with zero attached hydrogens (tertiary/aromatic N) is 1. The molecule has 0 saturated carbocycles. The summed E-state index contributed by atoms with van der Waals surface area (Å²) in [7, 11) is 0. The monoisotopic (exact) mass is 631 g/mol. The van der Waals surface area contributed by atoms with Crippen molar-refractivity contribution in [3.05, 3.63) is 48.0 Å². The number of hydrogen-bond donors (Lipinski definition) is 6. The molecule has 1 aliphatic rings. The SMILES string of the molecule is NC(=O)[C@H](CO)NC(=O)C(Cc1ccc2ccccc2c1)NC(=O)[C@@H]1CCCCN1C(=O)[C@H](CCCC(=O)O)NC(=O)CCl. The standard InChI is InChI=1S/C30H38ClN5O8/c31-16-25(38)33-21(8-5-10-26(39)40)30(44)36-13-4-3-9-24(36)29(43)34-22(28(42)35-23(17-37)27(32)41)15-18-11-12-19-6-1-2-7-20(19)14-18/h1-2,6-7,11-12,14,21-24,37H,3-5,8-10,13,15-17H2,(H2,32,41)(H,33,38)(H,34,43)(H,35,42)(H,39,40)/t21-,22?,23-,24-/m0/s1. The topological polar surface area (TPSA) is 208 Å². The highest BCUT2D eigenvalue weighted by molar-refractivity contribution is 6.27. The molecule has 0 radical (unpaired) electrons. The van der Waals surface area contributed by atoms with E-state index in [0.717, 1.165) is 10.8 Å². The molecule has 14 heteroatoms. The van der Waals surface area contributed by atoms with Gasteiger partial charge in [-0.15, -0.1) is 11.6 Å². The lowest BCUT2D eigenvalue weighted by molar-refractivity contribution is -0.146. The van der Waals surface area contributed by atoms with Crippen molar-refractivity contribution in [3.63, 3.8) is 0 Å². The summed E-state index contributed by atoms with van der Waals surface area (Å²) in [5, 5.41) is 28.1. The largest absolute Gasteiger partial charge is 0.481 e. The van der Waals surface area contributed by atoms with Crippen molar-refractivity contribution in [3.8, 4) is 0 Å². The number of carbonyl (C=O) groups excluding carboxylic acids is 5. The molecule has 1 heterocycles. The van der Waals surface area contributed by atoms with Crippen molar-refractivity contribution >= 4 is 57.9 Å². The number of benzene rings is 2. The molecule has 5 amide bonds. The molecule has 1 unspecified atom stereocenters. The Morgan fingerprint density at radius 1 is 0.955 bits per heavy atom. The van der Waals surface area contributed by atoms with Gasteiger partial charge < -0.3 is 36.8 Å². The number of likely N-dealkylation sites (tertiary alicyclic amines) is 1. The molecule has 2 aromatic carbocycles. The average Bonchev–Trinajstić information content (AvgIpc) is 3.01. The van der Waals surface area contributed by atoms with Crippen LogP contribution < -0.4 is 21.7 Å². The molecule has 13 nitrogen and oxygen atoms in total. The van der Waals surface area contributed by atoms with E-state index in [4.69, 9.17) is 22.4 Å². The third kappa shape index (κ3) is 9.64. The van der Waals surface area contributed by atoms with Gasteiger partial charge in [-0.2, -0.15) is 0 Å². The molecule has 44 heavy (non-hydrogen) atoms. The van der Waals surface area contributed by atoms with Crippen LogP contribution in [-0.4, -0.2) is 93.8 Å². The Balaban J connectivity index is 1.84. The minimum absolute atomic E-state index is 0.0290. The van der Waals surface area contributed by atoms with Crippen LogP contribution in [0.25, 0.3) is 10.8 Å². The van der Waals surface area contributed by atoms with Gasteiger partial charge in [0.1, 0.15) is 30.0 Å². The van der Waals surface area contributed by atoms with E-state index in [1.165, 1.54) is 4.90 Å².